The predicted molar refractivity (Wildman–Crippen MR) is 63.3 cm³/mol. The molecule has 0 spiro atoms. The molecule has 0 bridgehead atoms. The van der Waals surface area contributed by atoms with Crippen molar-refractivity contribution in [2.45, 2.75) is 57.8 Å². The zero-order chi connectivity index (χ0) is 12.2. The summed E-state index contributed by atoms with van der Waals surface area (Å²) < 4.78 is 0. The summed E-state index contributed by atoms with van der Waals surface area (Å²) in [6.07, 6.45) is 8.13. The minimum absolute atomic E-state index is 0.112. The molecule has 0 rings (SSSR count). The molecule has 0 saturated carbocycles. The van der Waals surface area contributed by atoms with Crippen molar-refractivity contribution in [2.75, 3.05) is 7.05 Å². The molecule has 1 amide bonds. The quantitative estimate of drug-likeness (QED) is 0.565. The van der Waals surface area contributed by atoms with Crippen molar-refractivity contribution >= 4 is 11.9 Å². The molecule has 0 aliphatic heterocycles. The van der Waals surface area contributed by atoms with Gasteiger partial charge in [0, 0.05) is 19.9 Å². The van der Waals surface area contributed by atoms with Crippen LogP contribution in [0.3, 0.4) is 0 Å². The molecular weight excluding hydrogens is 206 g/mol. The molecule has 0 aliphatic rings. The maximum absolute atomic E-state index is 10.9. The third-order valence-corrected chi connectivity index (χ3v) is 2.57. The maximum atomic E-state index is 10.9. The Labute approximate surface area is 97.4 Å². The Morgan fingerprint density at radius 1 is 0.875 bits per heavy atom. The van der Waals surface area contributed by atoms with Gasteiger partial charge in [-0.1, -0.05) is 32.1 Å². The van der Waals surface area contributed by atoms with Gasteiger partial charge in [0.25, 0.3) is 0 Å². The van der Waals surface area contributed by atoms with Crippen LogP contribution in [0.25, 0.3) is 0 Å². The summed E-state index contributed by atoms with van der Waals surface area (Å²) in [5, 5.41) is 11.0. The number of carbonyl (C=O) groups excluding carboxylic acids is 1. The molecule has 0 aromatic rings. The van der Waals surface area contributed by atoms with E-state index in [-0.39, 0.29) is 12.3 Å². The Balaban J connectivity index is 3.04. The van der Waals surface area contributed by atoms with Gasteiger partial charge in [0.1, 0.15) is 0 Å². The Bertz CT molecular complexity index is 204. The van der Waals surface area contributed by atoms with Crippen LogP contribution >= 0.6 is 0 Å². The second-order valence-electron chi connectivity index (χ2n) is 4.04. The zero-order valence-corrected chi connectivity index (χ0v) is 10.1. The predicted octanol–water partition coefficient (Wildman–Crippen LogP) is 2.33. The lowest BCUT2D eigenvalue weighted by molar-refractivity contribution is -0.137. The average Bonchev–Trinajstić information content (AvgIpc) is 2.26. The fourth-order valence-electron chi connectivity index (χ4n) is 1.57. The van der Waals surface area contributed by atoms with Crippen LogP contribution in [0.1, 0.15) is 57.8 Å². The van der Waals surface area contributed by atoms with E-state index < -0.39 is 5.97 Å². The first kappa shape index (κ1) is 14.9. The fourth-order valence-corrected chi connectivity index (χ4v) is 1.57. The fraction of sp³-hybridized carbons (Fsp3) is 0.833. The molecule has 16 heavy (non-hydrogen) atoms. The van der Waals surface area contributed by atoms with E-state index in [9.17, 15) is 9.59 Å². The first-order valence-corrected chi connectivity index (χ1v) is 6.09. The minimum atomic E-state index is -0.703. The topological polar surface area (TPSA) is 66.4 Å². The molecule has 0 aliphatic carbocycles. The van der Waals surface area contributed by atoms with Crippen molar-refractivity contribution in [2.24, 2.45) is 0 Å². The third kappa shape index (κ3) is 11.0. The van der Waals surface area contributed by atoms with E-state index in [1.165, 1.54) is 0 Å². The van der Waals surface area contributed by atoms with Gasteiger partial charge in [0.05, 0.1) is 0 Å². The molecule has 0 unspecified atom stereocenters. The van der Waals surface area contributed by atoms with Crippen molar-refractivity contribution in [3.63, 3.8) is 0 Å². The highest BCUT2D eigenvalue weighted by Gasteiger charge is 1.98. The summed E-state index contributed by atoms with van der Waals surface area (Å²) in [4.78, 5) is 21.1. The standard InChI is InChI=1S/C12H23NO3/c1-13-11(14)9-7-5-3-2-4-6-8-10-12(15)16/h2-10H2,1H3,(H,13,14)(H,15,16). The lowest BCUT2D eigenvalue weighted by atomic mass is 10.1. The molecule has 94 valence electrons. The second-order valence-corrected chi connectivity index (χ2v) is 4.04. The van der Waals surface area contributed by atoms with E-state index in [4.69, 9.17) is 5.11 Å². The van der Waals surface area contributed by atoms with E-state index in [0.717, 1.165) is 44.9 Å². The Kier molecular flexibility index (Phi) is 9.76. The number of amides is 1. The lowest BCUT2D eigenvalue weighted by Gasteiger charge is -2.01. The summed E-state index contributed by atoms with van der Waals surface area (Å²) in [7, 11) is 1.66. The van der Waals surface area contributed by atoms with Crippen LogP contribution in [0.2, 0.25) is 0 Å². The number of carboxylic acids is 1. The van der Waals surface area contributed by atoms with Crippen molar-refractivity contribution in [1.29, 1.82) is 0 Å². The summed E-state index contributed by atoms with van der Waals surface area (Å²) >= 11 is 0. The smallest absolute Gasteiger partial charge is 0.303 e. The Morgan fingerprint density at radius 2 is 1.31 bits per heavy atom. The van der Waals surface area contributed by atoms with Crippen molar-refractivity contribution in [3.05, 3.63) is 0 Å². The number of carboxylic acid groups (broad SMARTS) is 1. The van der Waals surface area contributed by atoms with Crippen LogP contribution in [0.4, 0.5) is 0 Å². The van der Waals surface area contributed by atoms with E-state index in [1.54, 1.807) is 7.05 Å². The Hall–Kier alpha value is -1.06. The first-order valence-electron chi connectivity index (χ1n) is 6.09. The monoisotopic (exact) mass is 229 g/mol. The molecule has 0 radical (unpaired) electrons. The Morgan fingerprint density at radius 3 is 1.75 bits per heavy atom. The van der Waals surface area contributed by atoms with Crippen LogP contribution in [-0.4, -0.2) is 24.0 Å². The average molecular weight is 229 g/mol. The molecule has 0 saturated heterocycles. The summed E-state index contributed by atoms with van der Waals surface area (Å²) in [5.41, 5.74) is 0. The molecule has 4 nitrogen and oxygen atoms in total. The molecular formula is C12H23NO3. The van der Waals surface area contributed by atoms with Crippen LogP contribution in [0, 0.1) is 0 Å². The molecule has 0 fully saturated rings. The SMILES string of the molecule is CNC(=O)CCCCCCCCCC(=O)O. The molecule has 0 heterocycles. The number of aliphatic carboxylic acids is 1. The summed E-state index contributed by atoms with van der Waals surface area (Å²) in [5.74, 6) is -0.591. The highest BCUT2D eigenvalue weighted by molar-refractivity contribution is 5.75. The second kappa shape index (κ2) is 10.5. The lowest BCUT2D eigenvalue weighted by Crippen LogP contribution is -2.16. The van der Waals surface area contributed by atoms with Gasteiger partial charge in [-0.15, -0.1) is 0 Å². The van der Waals surface area contributed by atoms with Crippen molar-refractivity contribution in [1.82, 2.24) is 5.32 Å². The van der Waals surface area contributed by atoms with Crippen molar-refractivity contribution < 1.29 is 14.7 Å². The minimum Gasteiger partial charge on any atom is -0.481 e. The normalized spacial score (nSPS) is 10.1. The molecule has 0 aromatic carbocycles. The van der Waals surface area contributed by atoms with Crippen LogP contribution < -0.4 is 5.32 Å². The third-order valence-electron chi connectivity index (χ3n) is 2.57. The van der Waals surface area contributed by atoms with Crippen LogP contribution in [0.5, 0.6) is 0 Å². The van der Waals surface area contributed by atoms with Gasteiger partial charge in [-0.05, 0) is 12.8 Å². The van der Waals surface area contributed by atoms with Gasteiger partial charge >= 0.3 is 5.97 Å². The molecule has 4 heteroatoms. The highest BCUT2D eigenvalue weighted by Crippen LogP contribution is 2.09. The zero-order valence-electron chi connectivity index (χ0n) is 10.1. The van der Waals surface area contributed by atoms with E-state index in [2.05, 4.69) is 5.32 Å². The van der Waals surface area contributed by atoms with Gasteiger partial charge in [-0.25, -0.2) is 0 Å². The maximum Gasteiger partial charge on any atom is 0.303 e. The van der Waals surface area contributed by atoms with Gasteiger partial charge in [0.2, 0.25) is 5.91 Å². The van der Waals surface area contributed by atoms with E-state index in [0.29, 0.717) is 6.42 Å². The molecule has 0 atom stereocenters. The van der Waals surface area contributed by atoms with Crippen molar-refractivity contribution in [3.8, 4) is 0 Å². The first-order chi connectivity index (χ1) is 7.66. The summed E-state index contributed by atoms with van der Waals surface area (Å²) in [6, 6.07) is 0. The van der Waals surface area contributed by atoms with Crippen LogP contribution in [-0.2, 0) is 9.59 Å². The number of unbranched alkanes of at least 4 members (excludes halogenated alkanes) is 6. The van der Waals surface area contributed by atoms with Gasteiger partial charge in [-0.2, -0.15) is 0 Å². The van der Waals surface area contributed by atoms with Gasteiger partial charge in [-0.3, -0.25) is 9.59 Å². The van der Waals surface area contributed by atoms with Gasteiger partial charge in [0.15, 0.2) is 0 Å². The number of hydrogen-bond donors (Lipinski definition) is 2. The highest BCUT2D eigenvalue weighted by atomic mass is 16.4. The van der Waals surface area contributed by atoms with Gasteiger partial charge < -0.3 is 10.4 Å². The largest absolute Gasteiger partial charge is 0.481 e. The number of rotatable bonds is 10. The number of hydrogen-bond acceptors (Lipinski definition) is 2. The molecule has 0 aromatic heterocycles. The van der Waals surface area contributed by atoms with Crippen LogP contribution in [0.15, 0.2) is 0 Å². The molecule has 2 N–H and O–H groups in total. The summed E-state index contributed by atoms with van der Waals surface area (Å²) in [6.45, 7) is 0. The number of carbonyl (C=O) groups is 2. The number of nitrogens with one attached hydrogen (secondary N) is 1. The van der Waals surface area contributed by atoms with E-state index in [1.807, 2.05) is 0 Å². The van der Waals surface area contributed by atoms with E-state index >= 15 is 0 Å².